The lowest BCUT2D eigenvalue weighted by Gasteiger charge is -2.12. The summed E-state index contributed by atoms with van der Waals surface area (Å²) < 4.78 is 31.4. The van der Waals surface area contributed by atoms with E-state index < -0.39 is 24.2 Å². The van der Waals surface area contributed by atoms with Gasteiger partial charge in [-0.15, -0.1) is 0 Å². The molecule has 10 heteroatoms. The number of aromatic nitrogens is 2. The Morgan fingerprint density at radius 3 is 2.59 bits per heavy atom. The van der Waals surface area contributed by atoms with Crippen LogP contribution in [0.4, 0.5) is 14.5 Å². The molecule has 0 aliphatic heterocycles. The molecule has 3 rings (SSSR count). The van der Waals surface area contributed by atoms with Crippen LogP contribution in [0.15, 0.2) is 58.2 Å². The number of benzene rings is 2. The predicted molar refractivity (Wildman–Crippen MR) is 127 cm³/mol. The van der Waals surface area contributed by atoms with Crippen molar-refractivity contribution in [2.24, 2.45) is 0 Å². The molecule has 0 unspecified atom stereocenters. The topological polar surface area (TPSA) is 90.3 Å². The van der Waals surface area contributed by atoms with Gasteiger partial charge < -0.3 is 14.6 Å². The van der Waals surface area contributed by atoms with Gasteiger partial charge >= 0.3 is 5.97 Å². The number of para-hydroxylation sites is 2. The number of hydrogen-bond acceptors (Lipinski definition) is 6. The van der Waals surface area contributed by atoms with Crippen molar-refractivity contribution < 1.29 is 23.1 Å². The van der Waals surface area contributed by atoms with Crippen LogP contribution in [-0.2, 0) is 27.3 Å². The Kier molecular flexibility index (Phi) is 9.15. The minimum atomic E-state index is -2.52. The van der Waals surface area contributed by atoms with Crippen LogP contribution in [0.2, 0.25) is 0 Å². The Labute approximate surface area is 199 Å². The minimum Gasteiger partial charge on any atom is -0.456 e. The molecule has 0 saturated heterocycles. The van der Waals surface area contributed by atoms with Gasteiger partial charge in [0.25, 0.3) is 17.2 Å². The first-order valence-electron chi connectivity index (χ1n) is 10.9. The second kappa shape index (κ2) is 12.3. The third-order valence-electron chi connectivity index (χ3n) is 4.95. The molecule has 180 valence electrons. The number of aryl methyl sites for hydroxylation is 2. The number of nitrogens with zero attached hydrogens (tertiary/aromatic N) is 2. The normalized spacial score (nSPS) is 11.1. The Hall–Kier alpha value is -3.27. The first-order chi connectivity index (χ1) is 16.4. The Balaban J connectivity index is 1.54. The third kappa shape index (κ3) is 7.11. The van der Waals surface area contributed by atoms with Crippen molar-refractivity contribution >= 4 is 40.4 Å². The molecule has 0 fully saturated rings. The fourth-order valence-corrected chi connectivity index (χ4v) is 3.80. The molecule has 0 bridgehead atoms. The third-order valence-corrected chi connectivity index (χ3v) is 5.67. The van der Waals surface area contributed by atoms with Crippen LogP contribution in [0.3, 0.4) is 0 Å². The second-order valence-corrected chi connectivity index (χ2v) is 8.53. The number of amides is 1. The molecule has 0 spiro atoms. The maximum Gasteiger partial charge on any atom is 0.306 e. The maximum atomic E-state index is 12.9. The highest BCUT2D eigenvalue weighted by molar-refractivity contribution is 7.99. The zero-order valence-electron chi connectivity index (χ0n) is 18.6. The summed E-state index contributed by atoms with van der Waals surface area (Å²) in [6.45, 7) is 2.11. The standard InChI is InChI=1S/C24H25F2N3O4S/c1-2-3-14-29-20-7-5-4-6-18(20)28-19(23(29)32)12-13-22(31)33-15-21(30)27-16-8-10-17(11-9-16)34-24(25)26/h4-11,24H,2-3,12-15H2,1H3,(H,27,30). The molecule has 0 radical (unpaired) electrons. The number of rotatable bonds is 11. The molecule has 0 saturated carbocycles. The average Bonchev–Trinajstić information content (AvgIpc) is 2.82. The summed E-state index contributed by atoms with van der Waals surface area (Å²) in [5.74, 6) is -3.72. The predicted octanol–water partition coefficient (Wildman–Crippen LogP) is 4.63. The highest BCUT2D eigenvalue weighted by Gasteiger charge is 2.14. The summed E-state index contributed by atoms with van der Waals surface area (Å²) in [6, 6.07) is 13.3. The zero-order valence-corrected chi connectivity index (χ0v) is 19.4. The summed E-state index contributed by atoms with van der Waals surface area (Å²) in [7, 11) is 0. The summed E-state index contributed by atoms with van der Waals surface area (Å²) in [5, 5.41) is 2.53. The summed E-state index contributed by atoms with van der Waals surface area (Å²) in [6.07, 6.45) is 1.78. The number of fused-ring (bicyclic) bond motifs is 1. The number of hydrogen-bond donors (Lipinski definition) is 1. The maximum absolute atomic E-state index is 12.9. The number of ether oxygens (including phenoxy) is 1. The van der Waals surface area contributed by atoms with E-state index in [-0.39, 0.29) is 24.1 Å². The fourth-order valence-electron chi connectivity index (χ4n) is 3.30. The molecule has 34 heavy (non-hydrogen) atoms. The number of carbonyl (C=O) groups is 2. The molecular weight excluding hydrogens is 464 g/mol. The van der Waals surface area contributed by atoms with Gasteiger partial charge in [-0.05, 0) is 42.8 Å². The first-order valence-corrected chi connectivity index (χ1v) is 11.7. The van der Waals surface area contributed by atoms with E-state index in [0.29, 0.717) is 34.4 Å². The summed E-state index contributed by atoms with van der Waals surface area (Å²) in [4.78, 5) is 41.8. The molecule has 3 aromatic rings. The lowest BCUT2D eigenvalue weighted by molar-refractivity contribution is -0.147. The van der Waals surface area contributed by atoms with E-state index in [1.165, 1.54) is 24.3 Å². The monoisotopic (exact) mass is 489 g/mol. The SMILES string of the molecule is CCCCn1c(=O)c(CCC(=O)OCC(=O)Nc2ccc(SC(F)F)cc2)nc2ccccc21. The average molecular weight is 490 g/mol. The molecule has 0 aliphatic rings. The molecular formula is C24H25F2N3O4S. The summed E-state index contributed by atoms with van der Waals surface area (Å²) in [5.41, 5.74) is 1.88. The van der Waals surface area contributed by atoms with Crippen molar-refractivity contribution in [3.05, 3.63) is 64.6 Å². The van der Waals surface area contributed by atoms with Crippen molar-refractivity contribution in [1.82, 2.24) is 9.55 Å². The van der Waals surface area contributed by atoms with Crippen molar-refractivity contribution in [3.8, 4) is 0 Å². The quantitative estimate of drug-likeness (QED) is 0.312. The number of alkyl halides is 2. The number of esters is 1. The molecule has 1 heterocycles. The van der Waals surface area contributed by atoms with Crippen LogP contribution in [0.1, 0.15) is 31.9 Å². The van der Waals surface area contributed by atoms with Crippen LogP contribution < -0.4 is 10.9 Å². The van der Waals surface area contributed by atoms with Crippen LogP contribution in [0.25, 0.3) is 11.0 Å². The molecule has 1 amide bonds. The van der Waals surface area contributed by atoms with Gasteiger partial charge in [-0.1, -0.05) is 37.2 Å². The van der Waals surface area contributed by atoms with E-state index in [4.69, 9.17) is 4.74 Å². The lowest BCUT2D eigenvalue weighted by atomic mass is 10.2. The molecule has 0 aliphatic carbocycles. The number of anilines is 1. The molecule has 0 atom stereocenters. The van der Waals surface area contributed by atoms with Crippen LogP contribution >= 0.6 is 11.8 Å². The van der Waals surface area contributed by atoms with Gasteiger partial charge in [0.05, 0.1) is 17.5 Å². The number of thioether (sulfide) groups is 1. The molecule has 2 aromatic carbocycles. The van der Waals surface area contributed by atoms with Crippen LogP contribution in [0.5, 0.6) is 0 Å². The fraction of sp³-hybridized carbons (Fsp3) is 0.333. The van der Waals surface area contributed by atoms with E-state index in [2.05, 4.69) is 10.3 Å². The van der Waals surface area contributed by atoms with Crippen molar-refractivity contribution in [3.63, 3.8) is 0 Å². The van der Waals surface area contributed by atoms with Gasteiger partial charge in [0, 0.05) is 23.5 Å². The Bertz CT molecular complexity index is 1200. The van der Waals surface area contributed by atoms with Crippen LogP contribution in [0, 0.1) is 0 Å². The van der Waals surface area contributed by atoms with E-state index in [1.807, 2.05) is 31.2 Å². The van der Waals surface area contributed by atoms with E-state index in [9.17, 15) is 23.2 Å². The first kappa shape index (κ1) is 25.4. The van der Waals surface area contributed by atoms with Gasteiger partial charge in [0.2, 0.25) is 0 Å². The Morgan fingerprint density at radius 1 is 1.15 bits per heavy atom. The second-order valence-electron chi connectivity index (χ2n) is 7.47. The van der Waals surface area contributed by atoms with Crippen molar-refractivity contribution in [2.45, 2.75) is 49.8 Å². The molecule has 1 N–H and O–H groups in total. The highest BCUT2D eigenvalue weighted by atomic mass is 32.2. The van der Waals surface area contributed by atoms with Crippen molar-refractivity contribution in [1.29, 1.82) is 0 Å². The smallest absolute Gasteiger partial charge is 0.306 e. The van der Waals surface area contributed by atoms with Gasteiger partial charge in [-0.3, -0.25) is 14.4 Å². The van der Waals surface area contributed by atoms with Gasteiger partial charge in [0.1, 0.15) is 5.69 Å². The number of halogens is 2. The number of nitrogens with one attached hydrogen (secondary N) is 1. The van der Waals surface area contributed by atoms with E-state index in [0.717, 1.165) is 18.4 Å². The number of carbonyl (C=O) groups excluding carboxylic acids is 2. The lowest BCUT2D eigenvalue weighted by Crippen LogP contribution is -2.27. The van der Waals surface area contributed by atoms with Crippen molar-refractivity contribution in [2.75, 3.05) is 11.9 Å². The highest BCUT2D eigenvalue weighted by Crippen LogP contribution is 2.26. The van der Waals surface area contributed by atoms with E-state index >= 15 is 0 Å². The summed E-state index contributed by atoms with van der Waals surface area (Å²) >= 11 is 0.406. The van der Waals surface area contributed by atoms with Gasteiger partial charge in [0.15, 0.2) is 6.61 Å². The van der Waals surface area contributed by atoms with Gasteiger partial charge in [-0.2, -0.15) is 8.78 Å². The van der Waals surface area contributed by atoms with Crippen LogP contribution in [-0.4, -0.2) is 33.8 Å². The zero-order chi connectivity index (χ0) is 24.5. The minimum absolute atomic E-state index is 0.0960. The number of unbranched alkanes of at least 4 members (excludes halogenated alkanes) is 1. The molecule has 7 nitrogen and oxygen atoms in total. The molecule has 1 aromatic heterocycles. The largest absolute Gasteiger partial charge is 0.456 e. The Morgan fingerprint density at radius 2 is 1.88 bits per heavy atom. The van der Waals surface area contributed by atoms with E-state index in [1.54, 1.807) is 4.57 Å². The van der Waals surface area contributed by atoms with Gasteiger partial charge in [-0.25, -0.2) is 4.98 Å².